The van der Waals surface area contributed by atoms with Crippen LogP contribution in [0.3, 0.4) is 0 Å². The number of alkyl halides is 2. The molecule has 2 atom stereocenters. The Morgan fingerprint density at radius 1 is 1.32 bits per heavy atom. The topological polar surface area (TPSA) is 75.9 Å². The number of hydrogen-bond acceptors (Lipinski definition) is 5. The lowest BCUT2D eigenvalue weighted by Crippen LogP contribution is -2.43. The maximum atomic E-state index is 13.3. The standard InChI is InChI=1S/C16H18F2N6O/c17-16(18)4-6-23(10-16)15(25)13-7-11(8-20-13)24-9-14(21-22-24)12-3-1-2-5-19-12/h1-3,5,9,11,13,20H,4,6-8,10H2/t11-,13-/m0/s1. The Hall–Kier alpha value is -2.42. The summed E-state index contributed by atoms with van der Waals surface area (Å²) in [5, 5.41) is 11.4. The van der Waals surface area contributed by atoms with Gasteiger partial charge in [0.1, 0.15) is 5.69 Å². The summed E-state index contributed by atoms with van der Waals surface area (Å²) in [6.45, 7) is 0.176. The van der Waals surface area contributed by atoms with Crippen LogP contribution in [0, 0.1) is 0 Å². The van der Waals surface area contributed by atoms with Crippen molar-refractivity contribution in [3.05, 3.63) is 30.6 Å². The van der Waals surface area contributed by atoms with Crippen molar-refractivity contribution >= 4 is 5.91 Å². The third-order valence-electron chi connectivity index (χ3n) is 4.70. The zero-order valence-electron chi connectivity index (χ0n) is 13.5. The molecule has 25 heavy (non-hydrogen) atoms. The van der Waals surface area contributed by atoms with Gasteiger partial charge in [0.25, 0.3) is 5.92 Å². The highest BCUT2D eigenvalue weighted by Gasteiger charge is 2.43. The Morgan fingerprint density at radius 2 is 2.20 bits per heavy atom. The van der Waals surface area contributed by atoms with Gasteiger partial charge >= 0.3 is 0 Å². The summed E-state index contributed by atoms with van der Waals surface area (Å²) in [5.41, 5.74) is 1.39. The number of halogens is 2. The Bertz CT molecular complexity index is 765. The van der Waals surface area contributed by atoms with E-state index in [9.17, 15) is 13.6 Å². The summed E-state index contributed by atoms with van der Waals surface area (Å²) in [7, 11) is 0. The molecule has 1 amide bonds. The normalized spacial score (nSPS) is 25.4. The molecule has 0 aromatic carbocycles. The first-order chi connectivity index (χ1) is 12.0. The number of carbonyl (C=O) groups excluding carboxylic acids is 1. The van der Waals surface area contributed by atoms with Crippen molar-refractivity contribution in [1.82, 2.24) is 30.2 Å². The van der Waals surface area contributed by atoms with Crippen LogP contribution >= 0.6 is 0 Å². The molecule has 0 unspecified atom stereocenters. The SMILES string of the molecule is O=C([C@@H]1C[C@H](n2cc(-c3ccccn3)nn2)CN1)N1CCC(F)(F)C1. The molecule has 0 bridgehead atoms. The smallest absolute Gasteiger partial charge is 0.267 e. The average molecular weight is 348 g/mol. The van der Waals surface area contributed by atoms with E-state index in [1.165, 1.54) is 4.90 Å². The molecule has 2 saturated heterocycles. The molecule has 2 aliphatic rings. The molecular formula is C16H18F2N6O. The summed E-state index contributed by atoms with van der Waals surface area (Å²) >= 11 is 0. The van der Waals surface area contributed by atoms with Gasteiger partial charge in [0.05, 0.1) is 30.5 Å². The first kappa shape index (κ1) is 16.1. The lowest BCUT2D eigenvalue weighted by atomic mass is 10.1. The third-order valence-corrected chi connectivity index (χ3v) is 4.70. The van der Waals surface area contributed by atoms with Crippen LogP contribution in [-0.2, 0) is 4.79 Å². The van der Waals surface area contributed by atoms with Crippen LogP contribution in [-0.4, -0.2) is 62.4 Å². The fraction of sp³-hybridized carbons (Fsp3) is 0.500. The number of nitrogens with one attached hydrogen (secondary N) is 1. The van der Waals surface area contributed by atoms with E-state index < -0.39 is 18.5 Å². The van der Waals surface area contributed by atoms with E-state index in [2.05, 4.69) is 20.6 Å². The zero-order chi connectivity index (χ0) is 17.4. The minimum Gasteiger partial charge on any atom is -0.335 e. The molecule has 1 N–H and O–H groups in total. The minimum absolute atomic E-state index is 0.0398. The van der Waals surface area contributed by atoms with Crippen LogP contribution in [0.4, 0.5) is 8.78 Å². The van der Waals surface area contributed by atoms with Crippen molar-refractivity contribution in [1.29, 1.82) is 0 Å². The fourth-order valence-corrected chi connectivity index (χ4v) is 3.34. The summed E-state index contributed by atoms with van der Waals surface area (Å²) in [6, 6.07) is 5.05. The Morgan fingerprint density at radius 3 is 2.92 bits per heavy atom. The molecule has 2 fully saturated rings. The van der Waals surface area contributed by atoms with E-state index in [0.717, 1.165) is 5.69 Å². The van der Waals surface area contributed by atoms with Crippen LogP contribution in [0.25, 0.3) is 11.4 Å². The van der Waals surface area contributed by atoms with Gasteiger partial charge in [0, 0.05) is 25.7 Å². The minimum atomic E-state index is -2.77. The maximum Gasteiger partial charge on any atom is 0.267 e. The molecule has 2 aromatic rings. The van der Waals surface area contributed by atoms with Gasteiger partial charge in [0.15, 0.2) is 0 Å². The number of hydrogen-bond donors (Lipinski definition) is 1. The lowest BCUT2D eigenvalue weighted by molar-refractivity contribution is -0.133. The van der Waals surface area contributed by atoms with E-state index >= 15 is 0 Å². The maximum absolute atomic E-state index is 13.3. The van der Waals surface area contributed by atoms with Gasteiger partial charge in [-0.1, -0.05) is 11.3 Å². The van der Waals surface area contributed by atoms with E-state index in [1.54, 1.807) is 17.1 Å². The van der Waals surface area contributed by atoms with Crippen LogP contribution < -0.4 is 5.32 Å². The Labute approximate surface area is 143 Å². The summed E-state index contributed by atoms with van der Waals surface area (Å²) < 4.78 is 28.3. The van der Waals surface area contributed by atoms with E-state index in [4.69, 9.17) is 0 Å². The van der Waals surface area contributed by atoms with Crippen LogP contribution in [0.15, 0.2) is 30.6 Å². The van der Waals surface area contributed by atoms with Crippen LogP contribution in [0.1, 0.15) is 18.9 Å². The van der Waals surface area contributed by atoms with Gasteiger partial charge in [-0.15, -0.1) is 5.10 Å². The monoisotopic (exact) mass is 348 g/mol. The predicted octanol–water partition coefficient (Wildman–Crippen LogP) is 1.11. The van der Waals surface area contributed by atoms with Gasteiger partial charge in [-0.25, -0.2) is 13.5 Å². The first-order valence-corrected chi connectivity index (χ1v) is 8.25. The van der Waals surface area contributed by atoms with Gasteiger partial charge in [-0.3, -0.25) is 9.78 Å². The number of likely N-dealkylation sites (tertiary alicyclic amines) is 1. The molecule has 0 radical (unpaired) electrons. The van der Waals surface area contributed by atoms with E-state index in [-0.39, 0.29) is 24.9 Å². The first-order valence-electron chi connectivity index (χ1n) is 8.25. The molecule has 2 aromatic heterocycles. The average Bonchev–Trinajstić information content (AvgIpc) is 3.33. The second kappa shape index (κ2) is 6.14. The summed E-state index contributed by atoms with van der Waals surface area (Å²) in [6.07, 6.45) is 3.73. The molecule has 0 spiro atoms. The predicted molar refractivity (Wildman–Crippen MR) is 84.8 cm³/mol. The molecular weight excluding hydrogens is 330 g/mol. The molecule has 2 aliphatic heterocycles. The molecule has 0 aliphatic carbocycles. The summed E-state index contributed by atoms with van der Waals surface area (Å²) in [4.78, 5) is 17.9. The van der Waals surface area contributed by atoms with E-state index in [1.807, 2.05) is 18.2 Å². The van der Waals surface area contributed by atoms with Crippen molar-refractivity contribution < 1.29 is 13.6 Å². The Balaban J connectivity index is 1.41. The Kier molecular flexibility index (Phi) is 3.95. The second-order valence-corrected chi connectivity index (χ2v) is 6.51. The molecule has 9 heteroatoms. The van der Waals surface area contributed by atoms with Gasteiger partial charge in [-0.2, -0.15) is 0 Å². The van der Waals surface area contributed by atoms with Crippen LogP contribution in [0.5, 0.6) is 0 Å². The van der Waals surface area contributed by atoms with Crippen molar-refractivity contribution in [3.8, 4) is 11.4 Å². The highest BCUT2D eigenvalue weighted by molar-refractivity contribution is 5.82. The molecule has 4 heterocycles. The second-order valence-electron chi connectivity index (χ2n) is 6.51. The number of aromatic nitrogens is 4. The van der Waals surface area contributed by atoms with Crippen molar-refractivity contribution in [2.75, 3.05) is 19.6 Å². The fourth-order valence-electron chi connectivity index (χ4n) is 3.34. The number of carbonyl (C=O) groups is 1. The van der Waals surface area contributed by atoms with E-state index in [0.29, 0.717) is 18.7 Å². The highest BCUT2D eigenvalue weighted by Crippen LogP contribution is 2.29. The summed E-state index contributed by atoms with van der Waals surface area (Å²) in [5.74, 6) is -3.03. The number of pyridine rings is 1. The van der Waals surface area contributed by atoms with Crippen molar-refractivity contribution in [2.24, 2.45) is 0 Å². The quantitative estimate of drug-likeness (QED) is 0.899. The highest BCUT2D eigenvalue weighted by atomic mass is 19.3. The van der Waals surface area contributed by atoms with Gasteiger partial charge in [-0.05, 0) is 18.6 Å². The van der Waals surface area contributed by atoms with Crippen molar-refractivity contribution in [3.63, 3.8) is 0 Å². The number of nitrogens with zero attached hydrogens (tertiary/aromatic N) is 5. The third kappa shape index (κ3) is 3.23. The molecule has 0 saturated carbocycles. The molecule has 132 valence electrons. The van der Waals surface area contributed by atoms with Crippen LogP contribution in [0.2, 0.25) is 0 Å². The van der Waals surface area contributed by atoms with Crippen molar-refractivity contribution in [2.45, 2.75) is 30.8 Å². The van der Waals surface area contributed by atoms with Gasteiger partial charge < -0.3 is 10.2 Å². The number of rotatable bonds is 3. The largest absolute Gasteiger partial charge is 0.335 e. The molecule has 4 rings (SSSR count). The number of amides is 1. The van der Waals surface area contributed by atoms with Gasteiger partial charge in [0.2, 0.25) is 5.91 Å². The molecule has 7 nitrogen and oxygen atoms in total. The zero-order valence-corrected chi connectivity index (χ0v) is 13.5. The lowest BCUT2D eigenvalue weighted by Gasteiger charge is -2.20.